The average molecular weight is 309 g/mol. The third kappa shape index (κ3) is 4.95. The van der Waals surface area contributed by atoms with Crippen LogP contribution in [-0.2, 0) is 4.79 Å². The highest BCUT2D eigenvalue weighted by Crippen LogP contribution is 2.24. The van der Waals surface area contributed by atoms with Crippen LogP contribution in [0.4, 0.5) is 0 Å². The summed E-state index contributed by atoms with van der Waals surface area (Å²) in [5.41, 5.74) is 5.97. The van der Waals surface area contributed by atoms with Crippen molar-refractivity contribution < 1.29 is 4.79 Å². The molecule has 0 aromatic carbocycles. The lowest BCUT2D eigenvalue weighted by atomic mass is 9.92. The van der Waals surface area contributed by atoms with Gasteiger partial charge in [0.2, 0.25) is 5.91 Å². The predicted octanol–water partition coefficient (Wildman–Crippen LogP) is 2.62. The van der Waals surface area contributed by atoms with Gasteiger partial charge in [-0.1, -0.05) is 19.8 Å². The van der Waals surface area contributed by atoms with Crippen molar-refractivity contribution in [1.29, 1.82) is 0 Å². The SMILES string of the molecule is CCC[C@H](N)C(=O)N1CCC(CCN2CCCC[C@H]2C)CC1. The van der Waals surface area contributed by atoms with Crippen molar-refractivity contribution in [2.45, 2.75) is 77.3 Å². The molecular formula is C18H35N3O. The van der Waals surface area contributed by atoms with Crippen molar-refractivity contribution in [3.05, 3.63) is 0 Å². The zero-order chi connectivity index (χ0) is 15.9. The molecule has 0 radical (unpaired) electrons. The van der Waals surface area contributed by atoms with E-state index in [9.17, 15) is 4.79 Å². The monoisotopic (exact) mass is 309 g/mol. The predicted molar refractivity (Wildman–Crippen MR) is 91.7 cm³/mol. The van der Waals surface area contributed by atoms with Crippen LogP contribution in [0.1, 0.15) is 65.2 Å². The van der Waals surface area contributed by atoms with Crippen molar-refractivity contribution in [3.63, 3.8) is 0 Å². The molecule has 2 heterocycles. The summed E-state index contributed by atoms with van der Waals surface area (Å²) in [6.45, 7) is 8.81. The van der Waals surface area contributed by atoms with Crippen LogP contribution in [0.5, 0.6) is 0 Å². The first-order chi connectivity index (χ1) is 10.6. The van der Waals surface area contributed by atoms with Gasteiger partial charge < -0.3 is 15.5 Å². The van der Waals surface area contributed by atoms with E-state index in [0.29, 0.717) is 0 Å². The van der Waals surface area contributed by atoms with Crippen LogP contribution in [0.15, 0.2) is 0 Å². The Bertz CT molecular complexity index is 339. The van der Waals surface area contributed by atoms with Gasteiger partial charge >= 0.3 is 0 Å². The Balaban J connectivity index is 1.67. The van der Waals surface area contributed by atoms with E-state index in [1.165, 1.54) is 38.8 Å². The number of likely N-dealkylation sites (tertiary alicyclic amines) is 2. The molecule has 0 aromatic heterocycles. The van der Waals surface area contributed by atoms with Gasteiger partial charge in [0.15, 0.2) is 0 Å². The van der Waals surface area contributed by atoms with E-state index in [4.69, 9.17) is 5.73 Å². The Morgan fingerprint density at radius 1 is 1.18 bits per heavy atom. The molecule has 2 fully saturated rings. The summed E-state index contributed by atoms with van der Waals surface area (Å²) in [6.07, 6.45) is 9.54. The minimum atomic E-state index is -0.282. The molecule has 4 nitrogen and oxygen atoms in total. The Morgan fingerprint density at radius 2 is 1.91 bits per heavy atom. The quantitative estimate of drug-likeness (QED) is 0.820. The molecule has 2 aliphatic heterocycles. The highest BCUT2D eigenvalue weighted by atomic mass is 16.2. The number of carbonyl (C=O) groups excluding carboxylic acids is 1. The molecule has 0 unspecified atom stereocenters. The summed E-state index contributed by atoms with van der Waals surface area (Å²) in [5, 5.41) is 0. The van der Waals surface area contributed by atoms with Crippen LogP contribution in [0, 0.1) is 5.92 Å². The summed E-state index contributed by atoms with van der Waals surface area (Å²) in [4.78, 5) is 16.9. The molecule has 0 spiro atoms. The molecule has 4 heteroatoms. The lowest BCUT2D eigenvalue weighted by Gasteiger charge is -2.37. The van der Waals surface area contributed by atoms with E-state index < -0.39 is 0 Å². The molecule has 0 saturated carbocycles. The first-order valence-electron chi connectivity index (χ1n) is 9.40. The molecule has 2 rings (SSSR count). The van der Waals surface area contributed by atoms with E-state index in [2.05, 4.69) is 18.7 Å². The number of hydrogen-bond acceptors (Lipinski definition) is 3. The fourth-order valence-electron chi connectivity index (χ4n) is 3.95. The van der Waals surface area contributed by atoms with Crippen molar-refractivity contribution in [2.75, 3.05) is 26.2 Å². The third-order valence-electron chi connectivity index (χ3n) is 5.61. The largest absolute Gasteiger partial charge is 0.341 e. The fraction of sp³-hybridized carbons (Fsp3) is 0.944. The number of piperidine rings is 2. The second-order valence-corrected chi connectivity index (χ2v) is 7.33. The molecule has 2 aliphatic rings. The van der Waals surface area contributed by atoms with E-state index >= 15 is 0 Å². The van der Waals surface area contributed by atoms with Crippen molar-refractivity contribution in [1.82, 2.24) is 9.80 Å². The summed E-state index contributed by atoms with van der Waals surface area (Å²) in [5.74, 6) is 0.963. The fourth-order valence-corrected chi connectivity index (χ4v) is 3.95. The third-order valence-corrected chi connectivity index (χ3v) is 5.61. The molecule has 0 aromatic rings. The molecule has 2 atom stereocenters. The van der Waals surface area contributed by atoms with E-state index in [0.717, 1.165) is 50.7 Å². The number of rotatable bonds is 6. The Hall–Kier alpha value is -0.610. The maximum absolute atomic E-state index is 12.2. The van der Waals surface area contributed by atoms with E-state index in [1.54, 1.807) is 0 Å². The summed E-state index contributed by atoms with van der Waals surface area (Å²) < 4.78 is 0. The van der Waals surface area contributed by atoms with Gasteiger partial charge in [0.05, 0.1) is 6.04 Å². The number of carbonyl (C=O) groups is 1. The van der Waals surface area contributed by atoms with Crippen LogP contribution < -0.4 is 5.73 Å². The van der Waals surface area contributed by atoms with E-state index in [1.807, 2.05) is 4.90 Å². The van der Waals surface area contributed by atoms with Gasteiger partial charge in [0.25, 0.3) is 0 Å². The maximum atomic E-state index is 12.2. The second-order valence-electron chi connectivity index (χ2n) is 7.33. The topological polar surface area (TPSA) is 49.6 Å². The zero-order valence-corrected chi connectivity index (χ0v) is 14.6. The first-order valence-corrected chi connectivity index (χ1v) is 9.40. The average Bonchev–Trinajstić information content (AvgIpc) is 2.54. The van der Waals surface area contributed by atoms with Crippen LogP contribution in [-0.4, -0.2) is 54.0 Å². The number of amides is 1. The van der Waals surface area contributed by atoms with Crippen LogP contribution >= 0.6 is 0 Å². The molecule has 2 N–H and O–H groups in total. The highest BCUT2D eigenvalue weighted by molar-refractivity contribution is 5.81. The zero-order valence-electron chi connectivity index (χ0n) is 14.6. The van der Waals surface area contributed by atoms with Crippen molar-refractivity contribution >= 4 is 5.91 Å². The Labute approximate surface area is 136 Å². The van der Waals surface area contributed by atoms with Crippen molar-refractivity contribution in [3.8, 4) is 0 Å². The molecule has 22 heavy (non-hydrogen) atoms. The summed E-state index contributed by atoms with van der Waals surface area (Å²) in [7, 11) is 0. The number of nitrogens with two attached hydrogens (primary N) is 1. The standard InChI is InChI=1S/C18H35N3O/c1-3-6-17(19)18(22)21-13-9-16(10-14-21)8-12-20-11-5-4-7-15(20)2/h15-17H,3-14,19H2,1-2H3/t15-,17+/m1/s1. The van der Waals surface area contributed by atoms with Gasteiger partial charge in [-0.3, -0.25) is 4.79 Å². The number of hydrogen-bond donors (Lipinski definition) is 1. The van der Waals surface area contributed by atoms with Crippen LogP contribution in [0.2, 0.25) is 0 Å². The van der Waals surface area contributed by atoms with Crippen LogP contribution in [0.3, 0.4) is 0 Å². The lowest BCUT2D eigenvalue weighted by Crippen LogP contribution is -2.47. The van der Waals surface area contributed by atoms with Gasteiger partial charge in [0.1, 0.15) is 0 Å². The molecule has 0 bridgehead atoms. The Kier molecular flexibility index (Phi) is 7.16. The van der Waals surface area contributed by atoms with Gasteiger partial charge in [0, 0.05) is 19.1 Å². The highest BCUT2D eigenvalue weighted by Gasteiger charge is 2.26. The van der Waals surface area contributed by atoms with Crippen molar-refractivity contribution in [2.24, 2.45) is 11.7 Å². The van der Waals surface area contributed by atoms with Gasteiger partial charge in [-0.25, -0.2) is 0 Å². The first kappa shape index (κ1) is 17.7. The van der Waals surface area contributed by atoms with Gasteiger partial charge in [-0.05, 0) is 64.5 Å². The van der Waals surface area contributed by atoms with Gasteiger partial charge in [-0.2, -0.15) is 0 Å². The molecular weight excluding hydrogens is 274 g/mol. The normalized spacial score (nSPS) is 26.1. The van der Waals surface area contributed by atoms with Gasteiger partial charge in [-0.15, -0.1) is 0 Å². The summed E-state index contributed by atoms with van der Waals surface area (Å²) in [6, 6.07) is 0.484. The minimum absolute atomic E-state index is 0.171. The smallest absolute Gasteiger partial charge is 0.239 e. The second kappa shape index (κ2) is 8.88. The molecule has 2 saturated heterocycles. The number of nitrogens with zero attached hydrogens (tertiary/aromatic N) is 2. The maximum Gasteiger partial charge on any atom is 0.239 e. The molecule has 0 aliphatic carbocycles. The molecule has 1 amide bonds. The minimum Gasteiger partial charge on any atom is -0.341 e. The molecule has 128 valence electrons. The van der Waals surface area contributed by atoms with Crippen LogP contribution in [0.25, 0.3) is 0 Å². The lowest BCUT2D eigenvalue weighted by molar-refractivity contribution is -0.134. The Morgan fingerprint density at radius 3 is 2.55 bits per heavy atom. The van der Waals surface area contributed by atoms with E-state index in [-0.39, 0.29) is 11.9 Å². The summed E-state index contributed by atoms with van der Waals surface area (Å²) >= 11 is 0.